The number of aromatic nitrogens is 5. The lowest BCUT2D eigenvalue weighted by Gasteiger charge is -2.36. The van der Waals surface area contributed by atoms with Gasteiger partial charge in [0.1, 0.15) is 11.7 Å². The van der Waals surface area contributed by atoms with E-state index >= 15 is 0 Å². The maximum atomic E-state index is 14.3. The topological polar surface area (TPSA) is 147 Å². The number of piperazine rings is 1. The number of aromatic hydroxyl groups is 1. The highest BCUT2D eigenvalue weighted by molar-refractivity contribution is 6.33. The monoisotopic (exact) mass is 730 g/mol. The lowest BCUT2D eigenvalue weighted by Crippen LogP contribution is -2.51. The molecule has 0 spiro atoms. The molecule has 2 N–H and O–H groups in total. The first kappa shape index (κ1) is 34.4. The van der Waals surface area contributed by atoms with Crippen LogP contribution in [-0.2, 0) is 15.7 Å². The summed E-state index contributed by atoms with van der Waals surface area (Å²) in [5.74, 6) is -3.01. The molecule has 0 unspecified atom stereocenters. The molecule has 2 atom stereocenters. The summed E-state index contributed by atoms with van der Waals surface area (Å²) in [6.45, 7) is 4.67. The fourth-order valence-electron chi connectivity index (χ4n) is 6.81. The molecule has 3 aliphatic rings. The Balaban J connectivity index is 1.26. The Kier molecular flexibility index (Phi) is 8.73. The number of rotatable bonds is 5. The highest BCUT2D eigenvalue weighted by Gasteiger charge is 2.41. The van der Waals surface area contributed by atoms with Crippen molar-refractivity contribution in [1.82, 2.24) is 29.0 Å². The molecule has 7 rings (SSSR count). The van der Waals surface area contributed by atoms with Gasteiger partial charge in [-0.2, -0.15) is 22.7 Å². The minimum Gasteiger partial charge on any atom is -0.503 e. The molecule has 2 amide bonds. The molecule has 268 valence electrons. The number of halogens is 5. The van der Waals surface area contributed by atoms with E-state index in [0.717, 1.165) is 34.4 Å². The van der Waals surface area contributed by atoms with E-state index in [1.165, 1.54) is 11.8 Å². The van der Waals surface area contributed by atoms with Gasteiger partial charge in [0.25, 0.3) is 11.5 Å². The molecule has 51 heavy (non-hydrogen) atoms. The summed E-state index contributed by atoms with van der Waals surface area (Å²) >= 11 is 6.17. The second kappa shape index (κ2) is 12.9. The van der Waals surface area contributed by atoms with Gasteiger partial charge < -0.3 is 25.0 Å². The van der Waals surface area contributed by atoms with E-state index < -0.39 is 52.4 Å². The average molecular weight is 731 g/mol. The molecule has 1 aromatic carbocycles. The molecule has 3 aromatic heterocycles. The summed E-state index contributed by atoms with van der Waals surface area (Å²) in [5, 5.41) is 17.1. The maximum absolute atomic E-state index is 14.3. The first-order chi connectivity index (χ1) is 24.2. The van der Waals surface area contributed by atoms with E-state index in [1.807, 2.05) is 13.0 Å². The van der Waals surface area contributed by atoms with Crippen molar-refractivity contribution in [2.45, 2.75) is 44.8 Å². The number of hydrogen-bond acceptors (Lipinski definition) is 9. The van der Waals surface area contributed by atoms with Crippen molar-refractivity contribution in [2.75, 3.05) is 49.6 Å². The summed E-state index contributed by atoms with van der Waals surface area (Å²) in [6, 6.07) is 2.71. The SMILES string of the molecule is Cc1cc(F)c(O)c(C(=O)N2CCN(c3c4n(c5nc(C6=CCOCC6)nn5c3=O)[C@@H](C(=O)Nc3ccc(C(F)(F)F)cc3Cl)C[C@H]4C)CC2)n1. The van der Waals surface area contributed by atoms with Crippen molar-refractivity contribution in [2.24, 2.45) is 0 Å². The van der Waals surface area contributed by atoms with E-state index in [4.69, 9.17) is 21.3 Å². The van der Waals surface area contributed by atoms with Crippen molar-refractivity contribution < 1.29 is 37.0 Å². The molecule has 0 saturated carbocycles. The second-order valence-electron chi connectivity index (χ2n) is 12.7. The zero-order chi connectivity index (χ0) is 36.4. The molecule has 4 aromatic rings. The Morgan fingerprint density at radius 2 is 1.86 bits per heavy atom. The zero-order valence-electron chi connectivity index (χ0n) is 27.3. The summed E-state index contributed by atoms with van der Waals surface area (Å²) < 4.78 is 62.2. The number of aryl methyl sites for hydroxylation is 1. The van der Waals surface area contributed by atoms with Crippen molar-refractivity contribution >= 4 is 46.1 Å². The van der Waals surface area contributed by atoms with Crippen LogP contribution in [-0.4, -0.2) is 85.4 Å². The predicted molar refractivity (Wildman–Crippen MR) is 177 cm³/mol. The summed E-state index contributed by atoms with van der Waals surface area (Å²) in [4.78, 5) is 53.4. The number of benzene rings is 1. The minimum absolute atomic E-state index is 0.0163. The number of fused-ring (bicyclic) bond motifs is 3. The van der Waals surface area contributed by atoms with Crippen molar-refractivity contribution in [3.63, 3.8) is 0 Å². The third kappa shape index (κ3) is 6.17. The van der Waals surface area contributed by atoms with Crippen LogP contribution >= 0.6 is 11.6 Å². The van der Waals surface area contributed by atoms with Gasteiger partial charge in [-0.15, -0.1) is 5.10 Å². The number of pyridine rings is 1. The highest BCUT2D eigenvalue weighted by Crippen LogP contribution is 2.42. The average Bonchev–Trinajstić information content (AvgIpc) is 3.69. The van der Waals surface area contributed by atoms with Crippen LogP contribution in [0.25, 0.3) is 11.4 Å². The number of carbonyl (C=O) groups is 2. The van der Waals surface area contributed by atoms with E-state index in [2.05, 4.69) is 15.4 Å². The zero-order valence-corrected chi connectivity index (χ0v) is 28.1. The fraction of sp³-hybridized carbons (Fsp3) is 0.394. The van der Waals surface area contributed by atoms with E-state index in [0.29, 0.717) is 31.2 Å². The van der Waals surface area contributed by atoms with E-state index in [-0.39, 0.29) is 66.4 Å². The van der Waals surface area contributed by atoms with Gasteiger partial charge in [-0.1, -0.05) is 24.6 Å². The molecule has 0 radical (unpaired) electrons. The number of hydrogen-bond donors (Lipinski definition) is 2. The Hall–Kier alpha value is -5.03. The van der Waals surface area contributed by atoms with Crippen LogP contribution in [0, 0.1) is 12.7 Å². The third-order valence-corrected chi connectivity index (χ3v) is 9.64. The number of nitrogens with one attached hydrogen (secondary N) is 1. The second-order valence-corrected chi connectivity index (χ2v) is 13.1. The molecule has 1 saturated heterocycles. The summed E-state index contributed by atoms with van der Waals surface area (Å²) in [5.41, 5.74) is -0.124. The van der Waals surface area contributed by atoms with Crippen molar-refractivity contribution in [3.05, 3.63) is 80.0 Å². The van der Waals surface area contributed by atoms with Crippen LogP contribution in [0.2, 0.25) is 5.02 Å². The van der Waals surface area contributed by atoms with Crippen LogP contribution < -0.4 is 15.8 Å². The standard InChI is InChI=1S/C33H31ClF4N8O5/c1-16-13-23(29(48)40-22-4-3-19(15-20(22)34)33(36,37)38)45-25(16)26(31(50)46-32(45)41-28(42-46)18-5-11-51-12-6-18)43-7-9-44(10-8-43)30(49)24-27(47)21(35)14-17(2)39-24/h3-5,14-16,23,47H,6-13H2,1-2H3,(H,40,48)/t16-,23-/m1/s1. The van der Waals surface area contributed by atoms with Gasteiger partial charge in [0.15, 0.2) is 23.1 Å². The van der Waals surface area contributed by atoms with Crippen LogP contribution in [0.3, 0.4) is 0 Å². The lowest BCUT2D eigenvalue weighted by atomic mass is 10.0. The number of amides is 2. The first-order valence-corrected chi connectivity index (χ1v) is 16.5. The van der Waals surface area contributed by atoms with Crippen LogP contribution in [0.15, 0.2) is 35.1 Å². The fourth-order valence-corrected chi connectivity index (χ4v) is 7.04. The molecule has 6 heterocycles. The molecule has 1 fully saturated rings. The molecule has 18 heteroatoms. The Bertz CT molecular complexity index is 2180. The molecule has 0 bridgehead atoms. The van der Waals surface area contributed by atoms with Gasteiger partial charge in [0, 0.05) is 37.8 Å². The first-order valence-electron chi connectivity index (χ1n) is 16.1. The van der Waals surface area contributed by atoms with Gasteiger partial charge in [0.2, 0.25) is 11.7 Å². The van der Waals surface area contributed by atoms with Crippen LogP contribution in [0.1, 0.15) is 65.0 Å². The number of carbonyl (C=O) groups excluding carboxylic acids is 2. The third-order valence-electron chi connectivity index (χ3n) is 9.33. The van der Waals surface area contributed by atoms with E-state index in [1.54, 1.807) is 9.47 Å². The summed E-state index contributed by atoms with van der Waals surface area (Å²) in [7, 11) is 0. The number of ether oxygens (including phenoxy) is 1. The molecule has 0 aliphatic carbocycles. The number of alkyl halides is 3. The maximum Gasteiger partial charge on any atom is 0.416 e. The predicted octanol–water partition coefficient (Wildman–Crippen LogP) is 4.56. The van der Waals surface area contributed by atoms with Gasteiger partial charge in [0.05, 0.1) is 35.2 Å². The molecule has 3 aliphatic heterocycles. The molecular formula is C33H31ClF4N8O5. The van der Waals surface area contributed by atoms with Gasteiger partial charge >= 0.3 is 6.18 Å². The minimum atomic E-state index is -4.62. The Morgan fingerprint density at radius 3 is 2.53 bits per heavy atom. The van der Waals surface area contributed by atoms with Gasteiger partial charge in [-0.05, 0) is 49.6 Å². The Morgan fingerprint density at radius 1 is 1.12 bits per heavy atom. The molecule has 13 nitrogen and oxygen atoms in total. The number of anilines is 2. The van der Waals surface area contributed by atoms with Gasteiger partial charge in [-0.3, -0.25) is 19.0 Å². The lowest BCUT2D eigenvalue weighted by molar-refractivity contribution is -0.137. The van der Waals surface area contributed by atoms with Crippen molar-refractivity contribution in [3.8, 4) is 5.75 Å². The summed E-state index contributed by atoms with van der Waals surface area (Å²) in [6.07, 6.45) is -2.09. The van der Waals surface area contributed by atoms with Crippen LogP contribution in [0.4, 0.5) is 28.9 Å². The Labute approximate surface area is 292 Å². The normalized spacial score (nSPS) is 19.3. The largest absolute Gasteiger partial charge is 0.503 e. The van der Waals surface area contributed by atoms with E-state index in [9.17, 15) is 37.1 Å². The molecular weight excluding hydrogens is 700 g/mol. The smallest absolute Gasteiger partial charge is 0.416 e. The quantitative estimate of drug-likeness (QED) is 0.282. The van der Waals surface area contributed by atoms with Gasteiger partial charge in [-0.25, -0.2) is 9.37 Å². The van der Waals surface area contributed by atoms with Crippen LogP contribution in [0.5, 0.6) is 5.75 Å². The van der Waals surface area contributed by atoms with Crippen molar-refractivity contribution in [1.29, 1.82) is 0 Å². The highest BCUT2D eigenvalue weighted by atomic mass is 35.5. The number of nitrogens with zero attached hydrogens (tertiary/aromatic N) is 7.